The summed E-state index contributed by atoms with van der Waals surface area (Å²) in [7, 11) is 1.78. The molecule has 7 heteroatoms. The Morgan fingerprint density at radius 3 is 2.47 bits per heavy atom. The molecule has 0 saturated heterocycles. The second kappa shape index (κ2) is 8.74. The number of aromatic nitrogens is 1. The molecular formula is C12H20BrCl2N3O. The molecule has 0 radical (unpaired) electrons. The number of hydrogen-bond donors (Lipinski definition) is 1. The summed E-state index contributed by atoms with van der Waals surface area (Å²) < 4.78 is 0.801. The van der Waals surface area contributed by atoms with E-state index in [0.29, 0.717) is 18.7 Å². The lowest BCUT2D eigenvalue weighted by Gasteiger charge is -2.29. The highest BCUT2D eigenvalue weighted by Gasteiger charge is 2.22. The van der Waals surface area contributed by atoms with Crippen molar-refractivity contribution < 1.29 is 4.79 Å². The van der Waals surface area contributed by atoms with E-state index in [1.54, 1.807) is 30.4 Å². The first-order valence-corrected chi connectivity index (χ1v) is 6.21. The zero-order chi connectivity index (χ0) is 13.1. The van der Waals surface area contributed by atoms with Crippen LogP contribution in [0.2, 0.25) is 0 Å². The molecule has 1 heterocycles. The number of rotatable bonds is 4. The van der Waals surface area contributed by atoms with Crippen LogP contribution in [-0.4, -0.2) is 35.9 Å². The predicted molar refractivity (Wildman–Crippen MR) is 86.2 cm³/mol. The number of halogens is 3. The summed E-state index contributed by atoms with van der Waals surface area (Å²) in [6, 6.07) is 1.77. The third-order valence-corrected chi connectivity index (χ3v) is 2.95. The molecule has 1 aromatic rings. The fraction of sp³-hybridized carbons (Fsp3) is 0.500. The van der Waals surface area contributed by atoms with Gasteiger partial charge in [-0.1, -0.05) is 13.8 Å². The molecule has 1 aromatic heterocycles. The molecule has 0 unspecified atom stereocenters. The SMILES string of the molecule is CN(CC(C)(C)CN)C(=O)c1cncc(Br)c1.Cl.Cl. The van der Waals surface area contributed by atoms with Crippen LogP contribution in [0.4, 0.5) is 0 Å². The van der Waals surface area contributed by atoms with Crippen LogP contribution in [0.25, 0.3) is 0 Å². The van der Waals surface area contributed by atoms with E-state index in [1.807, 2.05) is 13.8 Å². The Hall–Kier alpha value is -0.360. The third-order valence-electron chi connectivity index (χ3n) is 2.52. The van der Waals surface area contributed by atoms with Gasteiger partial charge in [-0.05, 0) is 34.0 Å². The van der Waals surface area contributed by atoms with Gasteiger partial charge in [-0.3, -0.25) is 9.78 Å². The first-order valence-electron chi connectivity index (χ1n) is 5.42. The van der Waals surface area contributed by atoms with Crippen molar-refractivity contribution >= 4 is 46.7 Å². The van der Waals surface area contributed by atoms with Gasteiger partial charge in [-0.2, -0.15) is 0 Å². The molecule has 4 nitrogen and oxygen atoms in total. The second-order valence-electron chi connectivity index (χ2n) is 4.92. The van der Waals surface area contributed by atoms with Gasteiger partial charge < -0.3 is 10.6 Å². The largest absolute Gasteiger partial charge is 0.341 e. The standard InChI is InChI=1S/C12H18BrN3O.2ClH/c1-12(2,7-14)8-16(3)11(17)9-4-10(13)6-15-5-9;;/h4-6H,7-8,14H2,1-3H3;2*1H. The van der Waals surface area contributed by atoms with E-state index in [0.717, 1.165) is 4.47 Å². The van der Waals surface area contributed by atoms with E-state index in [-0.39, 0.29) is 36.1 Å². The fourth-order valence-corrected chi connectivity index (χ4v) is 1.89. The smallest absolute Gasteiger partial charge is 0.255 e. The Labute approximate surface area is 135 Å². The van der Waals surface area contributed by atoms with Crippen molar-refractivity contribution in [3.8, 4) is 0 Å². The van der Waals surface area contributed by atoms with Crippen LogP contribution >= 0.6 is 40.7 Å². The quantitative estimate of drug-likeness (QED) is 0.883. The molecular weight excluding hydrogens is 353 g/mol. The summed E-state index contributed by atoms with van der Waals surface area (Å²) in [5, 5.41) is 0. The molecule has 0 saturated carbocycles. The summed E-state index contributed by atoms with van der Waals surface area (Å²) in [6.07, 6.45) is 3.22. The van der Waals surface area contributed by atoms with E-state index in [1.165, 1.54) is 0 Å². The molecule has 0 atom stereocenters. The molecule has 1 rings (SSSR count). The van der Waals surface area contributed by atoms with E-state index >= 15 is 0 Å². The molecule has 19 heavy (non-hydrogen) atoms. The topological polar surface area (TPSA) is 59.2 Å². The van der Waals surface area contributed by atoms with Gasteiger partial charge in [-0.25, -0.2) is 0 Å². The first kappa shape index (κ1) is 20.9. The Balaban J connectivity index is 0. The number of nitrogens with two attached hydrogens (primary N) is 1. The zero-order valence-corrected chi connectivity index (χ0v) is 14.4. The highest BCUT2D eigenvalue weighted by atomic mass is 79.9. The van der Waals surface area contributed by atoms with E-state index in [9.17, 15) is 4.79 Å². The van der Waals surface area contributed by atoms with Gasteiger partial charge in [0, 0.05) is 30.5 Å². The lowest BCUT2D eigenvalue weighted by Crippen LogP contribution is -2.39. The minimum atomic E-state index is -0.0795. The van der Waals surface area contributed by atoms with Crippen molar-refractivity contribution in [2.75, 3.05) is 20.1 Å². The Morgan fingerprint density at radius 1 is 1.42 bits per heavy atom. The van der Waals surface area contributed by atoms with Crippen LogP contribution in [0.1, 0.15) is 24.2 Å². The minimum absolute atomic E-state index is 0. The van der Waals surface area contributed by atoms with Gasteiger partial charge in [0.1, 0.15) is 0 Å². The molecule has 2 N–H and O–H groups in total. The van der Waals surface area contributed by atoms with Gasteiger partial charge in [0.25, 0.3) is 5.91 Å². The van der Waals surface area contributed by atoms with E-state index < -0.39 is 0 Å². The maximum atomic E-state index is 12.1. The normalized spacial score (nSPS) is 10.2. The number of amides is 1. The average Bonchev–Trinajstić information content (AvgIpc) is 2.27. The van der Waals surface area contributed by atoms with Gasteiger partial charge in [0.15, 0.2) is 0 Å². The molecule has 0 fully saturated rings. The number of hydrogen-bond acceptors (Lipinski definition) is 3. The third kappa shape index (κ3) is 6.56. The first-order chi connectivity index (χ1) is 7.85. The maximum absolute atomic E-state index is 12.1. The average molecular weight is 373 g/mol. The van der Waals surface area contributed by atoms with Crippen LogP contribution in [0.15, 0.2) is 22.9 Å². The van der Waals surface area contributed by atoms with Crippen molar-refractivity contribution in [1.82, 2.24) is 9.88 Å². The molecule has 110 valence electrons. The van der Waals surface area contributed by atoms with Crippen molar-refractivity contribution in [3.05, 3.63) is 28.5 Å². The molecule has 0 aromatic carbocycles. The van der Waals surface area contributed by atoms with Crippen molar-refractivity contribution in [3.63, 3.8) is 0 Å². The monoisotopic (exact) mass is 371 g/mol. The molecule has 1 amide bonds. The van der Waals surface area contributed by atoms with E-state index in [4.69, 9.17) is 5.73 Å². The summed E-state index contributed by atoms with van der Waals surface area (Å²) >= 11 is 3.30. The highest BCUT2D eigenvalue weighted by Crippen LogP contribution is 2.16. The fourth-order valence-electron chi connectivity index (χ4n) is 1.53. The molecule has 0 aliphatic rings. The zero-order valence-electron chi connectivity index (χ0n) is 11.2. The van der Waals surface area contributed by atoms with Gasteiger partial charge in [0.2, 0.25) is 0 Å². The van der Waals surface area contributed by atoms with Crippen molar-refractivity contribution in [1.29, 1.82) is 0 Å². The molecule has 0 aliphatic carbocycles. The summed E-state index contributed by atoms with van der Waals surface area (Å²) in [5.74, 6) is -0.0414. The predicted octanol–water partition coefficient (Wildman–Crippen LogP) is 2.74. The Bertz CT molecular complexity index is 416. The van der Waals surface area contributed by atoms with Crippen LogP contribution in [0.5, 0.6) is 0 Å². The van der Waals surface area contributed by atoms with Crippen LogP contribution in [0, 0.1) is 5.41 Å². The number of carbonyl (C=O) groups excluding carboxylic acids is 1. The number of pyridine rings is 1. The Morgan fingerprint density at radius 2 is 2.00 bits per heavy atom. The van der Waals surface area contributed by atoms with E-state index in [2.05, 4.69) is 20.9 Å². The van der Waals surface area contributed by atoms with Crippen LogP contribution < -0.4 is 5.73 Å². The second-order valence-corrected chi connectivity index (χ2v) is 5.84. The maximum Gasteiger partial charge on any atom is 0.255 e. The summed E-state index contributed by atoms with van der Waals surface area (Å²) in [6.45, 7) is 5.24. The van der Waals surface area contributed by atoms with Crippen LogP contribution in [-0.2, 0) is 0 Å². The lowest BCUT2D eigenvalue weighted by molar-refractivity contribution is 0.0740. The number of carbonyl (C=O) groups is 1. The van der Waals surface area contributed by atoms with Gasteiger partial charge >= 0.3 is 0 Å². The molecule has 0 spiro atoms. The molecule has 0 bridgehead atoms. The minimum Gasteiger partial charge on any atom is -0.341 e. The Kier molecular flexibility index (Phi) is 9.64. The molecule has 0 aliphatic heterocycles. The van der Waals surface area contributed by atoms with Crippen molar-refractivity contribution in [2.24, 2.45) is 11.1 Å². The summed E-state index contributed by atoms with van der Waals surface area (Å²) in [4.78, 5) is 17.8. The van der Waals surface area contributed by atoms with Crippen LogP contribution in [0.3, 0.4) is 0 Å². The van der Waals surface area contributed by atoms with Gasteiger partial charge in [-0.15, -0.1) is 24.8 Å². The van der Waals surface area contributed by atoms with Crippen molar-refractivity contribution in [2.45, 2.75) is 13.8 Å². The summed E-state index contributed by atoms with van der Waals surface area (Å²) in [5.41, 5.74) is 6.16. The highest BCUT2D eigenvalue weighted by molar-refractivity contribution is 9.10. The van der Waals surface area contributed by atoms with Gasteiger partial charge in [0.05, 0.1) is 5.56 Å². The lowest BCUT2D eigenvalue weighted by atomic mass is 9.93. The number of nitrogens with zero attached hydrogens (tertiary/aromatic N) is 2.